The first-order valence-electron chi connectivity index (χ1n) is 11.9. The lowest BCUT2D eigenvalue weighted by atomic mass is 9.97. The van der Waals surface area contributed by atoms with Crippen molar-refractivity contribution in [1.29, 1.82) is 0 Å². The van der Waals surface area contributed by atoms with Gasteiger partial charge in [-0.15, -0.1) is 0 Å². The molecule has 34 heavy (non-hydrogen) atoms. The Morgan fingerprint density at radius 1 is 0.971 bits per heavy atom. The van der Waals surface area contributed by atoms with Gasteiger partial charge in [0.1, 0.15) is 17.9 Å². The van der Waals surface area contributed by atoms with Crippen molar-refractivity contribution in [2.45, 2.75) is 45.4 Å². The quantitative estimate of drug-likeness (QED) is 0.201. The molecule has 0 saturated carbocycles. The fraction of sp³-hybridized carbons (Fsp3) is 0.321. The molecule has 0 unspecified atom stereocenters. The summed E-state index contributed by atoms with van der Waals surface area (Å²) in [5.41, 5.74) is 4.96. The van der Waals surface area contributed by atoms with Gasteiger partial charge < -0.3 is 14.5 Å². The maximum Gasteiger partial charge on any atom is 0.305 e. The van der Waals surface area contributed by atoms with Gasteiger partial charge in [0.2, 0.25) is 5.71 Å². The van der Waals surface area contributed by atoms with Crippen LogP contribution in [0.3, 0.4) is 0 Å². The van der Waals surface area contributed by atoms with Crippen LogP contribution in [0.2, 0.25) is 0 Å². The van der Waals surface area contributed by atoms with E-state index in [9.17, 15) is 4.79 Å². The van der Waals surface area contributed by atoms with Crippen LogP contribution in [0.5, 0.6) is 0 Å². The van der Waals surface area contributed by atoms with Crippen LogP contribution in [0.1, 0.15) is 44.6 Å². The number of hydrogen-bond donors (Lipinski definition) is 1. The third kappa shape index (κ3) is 5.45. The van der Waals surface area contributed by atoms with Gasteiger partial charge in [-0.25, -0.2) is 9.97 Å². The fourth-order valence-corrected chi connectivity index (χ4v) is 4.14. The predicted molar refractivity (Wildman–Crippen MR) is 136 cm³/mol. The molecule has 176 valence electrons. The largest absolute Gasteiger partial charge is 0.469 e. The Morgan fingerprint density at radius 2 is 1.76 bits per heavy atom. The molecule has 0 spiro atoms. The Hall–Kier alpha value is -3.67. The van der Waals surface area contributed by atoms with E-state index in [4.69, 9.17) is 9.15 Å². The van der Waals surface area contributed by atoms with Crippen LogP contribution in [0.4, 0.5) is 5.82 Å². The minimum absolute atomic E-state index is 0.160. The Morgan fingerprint density at radius 3 is 2.50 bits per heavy atom. The lowest BCUT2D eigenvalue weighted by Crippen LogP contribution is -2.05. The van der Waals surface area contributed by atoms with Gasteiger partial charge in [-0.3, -0.25) is 4.79 Å². The summed E-state index contributed by atoms with van der Waals surface area (Å²) in [6.07, 6.45) is 6.83. The van der Waals surface area contributed by atoms with E-state index in [0.717, 1.165) is 72.3 Å². The van der Waals surface area contributed by atoms with Crippen LogP contribution in [0.25, 0.3) is 33.6 Å². The average molecular weight is 458 g/mol. The van der Waals surface area contributed by atoms with Crippen molar-refractivity contribution in [1.82, 2.24) is 9.97 Å². The van der Waals surface area contributed by atoms with Crippen LogP contribution in [0.15, 0.2) is 65.3 Å². The second-order valence-electron chi connectivity index (χ2n) is 8.34. The van der Waals surface area contributed by atoms with Crippen LogP contribution in [-0.4, -0.2) is 29.6 Å². The van der Waals surface area contributed by atoms with Gasteiger partial charge in [-0.05, 0) is 30.4 Å². The Labute approximate surface area is 200 Å². The molecule has 0 aliphatic heterocycles. The Kier molecular flexibility index (Phi) is 7.91. The normalized spacial score (nSPS) is 11.0. The number of hydrogen-bond acceptors (Lipinski definition) is 6. The molecule has 4 rings (SSSR count). The molecule has 6 heteroatoms. The molecule has 2 heterocycles. The van der Waals surface area contributed by atoms with Crippen molar-refractivity contribution in [2.24, 2.45) is 0 Å². The number of esters is 1. The number of fused-ring (bicyclic) bond motifs is 1. The maximum absolute atomic E-state index is 11.3. The van der Waals surface area contributed by atoms with Gasteiger partial charge >= 0.3 is 5.97 Å². The molecule has 2 aromatic heterocycles. The van der Waals surface area contributed by atoms with E-state index < -0.39 is 0 Å². The highest BCUT2D eigenvalue weighted by Crippen LogP contribution is 2.42. The zero-order valence-electron chi connectivity index (χ0n) is 19.8. The number of benzene rings is 2. The highest BCUT2D eigenvalue weighted by atomic mass is 16.5. The number of ether oxygens (including phenoxy) is 1. The molecule has 2 aromatic carbocycles. The molecule has 0 saturated heterocycles. The van der Waals surface area contributed by atoms with Crippen molar-refractivity contribution in [2.75, 3.05) is 19.0 Å². The topological polar surface area (TPSA) is 77.3 Å². The third-order valence-corrected chi connectivity index (χ3v) is 5.88. The monoisotopic (exact) mass is 457 g/mol. The van der Waals surface area contributed by atoms with E-state index in [-0.39, 0.29) is 5.97 Å². The van der Waals surface area contributed by atoms with Crippen LogP contribution < -0.4 is 5.32 Å². The highest BCUT2D eigenvalue weighted by molar-refractivity contribution is 6.05. The summed E-state index contributed by atoms with van der Waals surface area (Å²) in [4.78, 5) is 20.3. The van der Waals surface area contributed by atoms with E-state index >= 15 is 0 Å². The zero-order valence-corrected chi connectivity index (χ0v) is 19.8. The summed E-state index contributed by atoms with van der Waals surface area (Å²) in [7, 11) is 1.42. The fourth-order valence-electron chi connectivity index (χ4n) is 4.14. The summed E-state index contributed by atoms with van der Waals surface area (Å²) in [6.45, 7) is 2.93. The first-order chi connectivity index (χ1) is 16.7. The van der Waals surface area contributed by atoms with Gasteiger partial charge in [0.25, 0.3) is 0 Å². The predicted octanol–water partition coefficient (Wildman–Crippen LogP) is 6.65. The van der Waals surface area contributed by atoms with Crippen molar-refractivity contribution in [3.63, 3.8) is 0 Å². The van der Waals surface area contributed by atoms with Crippen molar-refractivity contribution in [3.8, 4) is 22.5 Å². The molecule has 1 N–H and O–H groups in total. The second-order valence-corrected chi connectivity index (χ2v) is 8.34. The number of aryl methyl sites for hydroxylation is 1. The SMILES string of the molecule is CCCc1ccc(-c2c(-c3ccccc3)oc3ncnc(NCCCCCC(=O)OC)c23)cc1. The second kappa shape index (κ2) is 11.5. The first kappa shape index (κ1) is 23.5. The molecule has 6 nitrogen and oxygen atoms in total. The van der Waals surface area contributed by atoms with Crippen LogP contribution >= 0.6 is 0 Å². The van der Waals surface area contributed by atoms with Gasteiger partial charge in [0.05, 0.1) is 12.5 Å². The molecule has 0 amide bonds. The Balaban J connectivity index is 1.65. The van der Waals surface area contributed by atoms with Crippen molar-refractivity contribution < 1.29 is 13.9 Å². The number of anilines is 1. The van der Waals surface area contributed by atoms with E-state index in [1.165, 1.54) is 19.0 Å². The number of rotatable bonds is 11. The number of unbranched alkanes of at least 4 members (excludes halogenated alkanes) is 2. The van der Waals surface area contributed by atoms with Crippen molar-refractivity contribution in [3.05, 3.63) is 66.5 Å². The lowest BCUT2D eigenvalue weighted by molar-refractivity contribution is -0.140. The molecule has 0 atom stereocenters. The lowest BCUT2D eigenvalue weighted by Gasteiger charge is -2.09. The number of carbonyl (C=O) groups is 1. The zero-order chi connectivity index (χ0) is 23.8. The highest BCUT2D eigenvalue weighted by Gasteiger charge is 2.22. The minimum Gasteiger partial charge on any atom is -0.469 e. The van der Waals surface area contributed by atoms with E-state index in [0.29, 0.717) is 12.1 Å². The molecule has 4 aromatic rings. The summed E-state index contributed by atoms with van der Waals surface area (Å²) < 4.78 is 11.0. The smallest absolute Gasteiger partial charge is 0.305 e. The van der Waals surface area contributed by atoms with E-state index in [2.05, 4.69) is 58.6 Å². The average Bonchev–Trinajstić information content (AvgIpc) is 3.27. The number of aromatic nitrogens is 2. The summed E-state index contributed by atoms with van der Waals surface area (Å²) in [5.74, 6) is 1.39. The molecule has 0 aliphatic carbocycles. The first-order valence-corrected chi connectivity index (χ1v) is 11.9. The third-order valence-electron chi connectivity index (χ3n) is 5.88. The van der Waals surface area contributed by atoms with Crippen LogP contribution in [0, 0.1) is 0 Å². The number of methoxy groups -OCH3 is 1. The number of nitrogens with zero attached hydrogens (tertiary/aromatic N) is 2. The Bertz CT molecular complexity index is 1220. The van der Waals surface area contributed by atoms with Gasteiger partial charge in [-0.1, -0.05) is 74.4 Å². The maximum atomic E-state index is 11.3. The molecular formula is C28H31N3O3. The minimum atomic E-state index is -0.160. The number of carbonyl (C=O) groups excluding carboxylic acids is 1. The van der Waals surface area contributed by atoms with Crippen LogP contribution in [-0.2, 0) is 16.0 Å². The van der Waals surface area contributed by atoms with E-state index in [1.54, 1.807) is 0 Å². The molecule has 0 radical (unpaired) electrons. The molecular weight excluding hydrogens is 426 g/mol. The molecule has 0 bridgehead atoms. The van der Waals surface area contributed by atoms with Crippen molar-refractivity contribution >= 4 is 22.9 Å². The summed E-state index contributed by atoms with van der Waals surface area (Å²) in [6, 6.07) is 18.8. The van der Waals surface area contributed by atoms with E-state index in [1.807, 2.05) is 18.2 Å². The summed E-state index contributed by atoms with van der Waals surface area (Å²) >= 11 is 0. The van der Waals surface area contributed by atoms with Gasteiger partial charge in [-0.2, -0.15) is 0 Å². The standard InChI is InChI=1S/C28H31N3O3/c1-3-10-20-14-16-21(17-15-20)24-25-27(29-18-9-5-8-13-23(32)33-2)30-19-31-28(25)34-26(24)22-11-6-4-7-12-22/h4,6-7,11-12,14-17,19H,3,5,8-10,13,18H2,1-2H3,(H,29,30,31). The molecule has 0 fully saturated rings. The number of furan rings is 1. The van der Waals surface area contributed by atoms with Gasteiger partial charge in [0, 0.05) is 24.1 Å². The summed E-state index contributed by atoms with van der Waals surface area (Å²) in [5, 5.41) is 4.36. The van der Waals surface area contributed by atoms with Gasteiger partial charge in [0.15, 0.2) is 0 Å². The molecule has 0 aliphatic rings. The number of nitrogens with one attached hydrogen (secondary N) is 1.